The second kappa shape index (κ2) is 16.4. The number of benzene rings is 3. The number of nitrogen functional groups attached to an aromatic ring is 1. The number of aromatic nitrogens is 1. The molecule has 5 heterocycles. The van der Waals surface area contributed by atoms with Crippen molar-refractivity contribution in [1.82, 2.24) is 25.4 Å². The monoisotopic (exact) mass is 803 g/mol. The molecule has 15 heteroatoms. The number of allylic oxidation sites excluding steroid dienone is 1. The average molecular weight is 804 g/mol. The predicted molar refractivity (Wildman–Crippen MR) is 218 cm³/mol. The molecule has 3 saturated heterocycles. The molecule has 0 spiro atoms. The third kappa shape index (κ3) is 7.45. The van der Waals surface area contributed by atoms with E-state index < -0.39 is 34.8 Å². The number of carboxylic acids is 1. The Hall–Kier alpha value is -5.77. The Morgan fingerprint density at radius 3 is 2.16 bits per heavy atom. The van der Waals surface area contributed by atoms with Crippen LogP contribution in [0.15, 0.2) is 124 Å². The molecule has 3 amide bonds. The number of thiazole rings is 1. The van der Waals surface area contributed by atoms with Gasteiger partial charge in [0.25, 0.3) is 11.8 Å². The number of nitrogens with one attached hydrogen (secondary N) is 2. The first-order valence-corrected chi connectivity index (χ1v) is 20.7. The van der Waals surface area contributed by atoms with Crippen LogP contribution in [0.5, 0.6) is 0 Å². The SMILES string of the molecule is Nc1nc(/C(=N/OC(c2ccccc2)(c2ccccc2)c2ccccc2)C(=O)N[C@@H]2C(=O)N3C(C(=O)O)=C(/C=C4\CCN(CC5CCNCC5)C4=O)CS[C@H]23)cs1. The lowest BCUT2D eigenvalue weighted by atomic mass is 9.80. The van der Waals surface area contributed by atoms with Gasteiger partial charge in [-0.1, -0.05) is 96.2 Å². The highest BCUT2D eigenvalue weighted by Gasteiger charge is 2.54. The Bertz CT molecular complexity index is 2160. The molecule has 8 rings (SSSR count). The van der Waals surface area contributed by atoms with Gasteiger partial charge in [0.05, 0.1) is 0 Å². The van der Waals surface area contributed by atoms with Gasteiger partial charge >= 0.3 is 5.97 Å². The summed E-state index contributed by atoms with van der Waals surface area (Å²) in [5.74, 6) is -2.05. The highest BCUT2D eigenvalue weighted by molar-refractivity contribution is 8.00. The van der Waals surface area contributed by atoms with Crippen LogP contribution < -0.4 is 16.4 Å². The van der Waals surface area contributed by atoms with Crippen molar-refractivity contribution in [2.45, 2.75) is 36.3 Å². The van der Waals surface area contributed by atoms with Crippen molar-refractivity contribution in [3.63, 3.8) is 0 Å². The number of thioether (sulfide) groups is 1. The van der Waals surface area contributed by atoms with Crippen LogP contribution in [0.25, 0.3) is 0 Å². The number of fused-ring (bicyclic) bond motifs is 1. The van der Waals surface area contributed by atoms with Crippen molar-refractivity contribution in [3.05, 3.63) is 142 Å². The van der Waals surface area contributed by atoms with E-state index in [1.54, 1.807) is 11.5 Å². The zero-order chi connectivity index (χ0) is 39.5. The van der Waals surface area contributed by atoms with Crippen molar-refractivity contribution >= 4 is 57.6 Å². The van der Waals surface area contributed by atoms with Crippen LogP contribution in [0.2, 0.25) is 0 Å². The zero-order valence-electron chi connectivity index (χ0n) is 30.9. The van der Waals surface area contributed by atoms with Gasteiger partial charge in [0.1, 0.15) is 22.8 Å². The number of carbonyl (C=O) groups excluding carboxylic acids is 3. The molecular weight excluding hydrogens is 763 g/mol. The number of carboxylic acid groups (broad SMARTS) is 1. The molecule has 0 saturated carbocycles. The number of rotatable bonds is 12. The zero-order valence-corrected chi connectivity index (χ0v) is 32.5. The number of anilines is 1. The number of hydrogen-bond acceptors (Lipinski definition) is 11. The van der Waals surface area contributed by atoms with Crippen LogP contribution in [0, 0.1) is 5.92 Å². The topological polar surface area (TPSA) is 180 Å². The van der Waals surface area contributed by atoms with Crippen molar-refractivity contribution in [2.24, 2.45) is 11.1 Å². The van der Waals surface area contributed by atoms with E-state index in [0.29, 0.717) is 36.6 Å². The van der Waals surface area contributed by atoms with Crippen LogP contribution >= 0.6 is 23.1 Å². The first kappa shape index (κ1) is 38.1. The summed E-state index contributed by atoms with van der Waals surface area (Å²) in [4.78, 5) is 68.1. The second-order valence-corrected chi connectivity index (χ2v) is 16.3. The van der Waals surface area contributed by atoms with E-state index in [2.05, 4.69) is 20.8 Å². The number of amides is 3. The Kier molecular flexibility index (Phi) is 10.9. The van der Waals surface area contributed by atoms with E-state index in [0.717, 1.165) is 54.0 Å². The maximum atomic E-state index is 14.3. The van der Waals surface area contributed by atoms with Gasteiger partial charge in [0.15, 0.2) is 10.8 Å². The van der Waals surface area contributed by atoms with E-state index >= 15 is 0 Å². The highest BCUT2D eigenvalue weighted by atomic mass is 32.2. The fraction of sp³-hybridized carbons (Fsp3) is 0.286. The Morgan fingerprint density at radius 2 is 1.60 bits per heavy atom. The summed E-state index contributed by atoms with van der Waals surface area (Å²) in [6, 6.07) is 27.5. The van der Waals surface area contributed by atoms with Gasteiger partial charge in [0.2, 0.25) is 11.5 Å². The quantitative estimate of drug-likeness (QED) is 0.0530. The molecule has 13 nitrogen and oxygen atoms in total. The summed E-state index contributed by atoms with van der Waals surface area (Å²) in [5, 5.41) is 22.1. The normalized spacial score (nSPS) is 21.1. The third-order valence-electron chi connectivity index (χ3n) is 10.8. The number of likely N-dealkylation sites (tertiary alicyclic amines) is 1. The first-order valence-electron chi connectivity index (χ1n) is 18.8. The van der Waals surface area contributed by atoms with E-state index in [9.17, 15) is 24.3 Å². The molecule has 1 aromatic heterocycles. The summed E-state index contributed by atoms with van der Waals surface area (Å²) in [7, 11) is 0. The number of nitrogens with zero attached hydrogens (tertiary/aromatic N) is 4. The molecule has 2 atom stereocenters. The Labute approximate surface area is 337 Å². The van der Waals surface area contributed by atoms with Crippen molar-refractivity contribution in [2.75, 3.05) is 37.7 Å². The van der Waals surface area contributed by atoms with E-state index in [1.165, 1.54) is 16.7 Å². The number of aliphatic carboxylic acids is 1. The number of piperidine rings is 1. The second-order valence-electron chi connectivity index (χ2n) is 14.3. The molecule has 0 radical (unpaired) electrons. The van der Waals surface area contributed by atoms with Gasteiger partial charge in [-0.3, -0.25) is 19.3 Å². The molecule has 4 aliphatic heterocycles. The molecule has 4 aliphatic rings. The molecule has 292 valence electrons. The number of oxime groups is 1. The van der Waals surface area contributed by atoms with Gasteiger partial charge in [-0.2, -0.15) is 0 Å². The minimum atomic E-state index is -1.31. The lowest BCUT2D eigenvalue weighted by molar-refractivity contribution is -0.150. The standard InChI is InChI=1S/C42H41N7O6S2/c43-41-45-32(25-57-41)33(47-55-42(29-10-4-1-5-11-29,30-12-6-2-7-13-30)31-14-8-3-9-15-31)36(50)46-34-38(52)49-35(40(53)54)28(24-56-39(34)49)22-27-18-21-48(37(27)51)23-26-16-19-44-20-17-26/h1-15,22,25-26,34,39,44H,16-21,23-24H2,(H2,43,45)(H,46,50)(H,53,54)/b27-22+,47-33-/t34-,39-/m1/s1. The molecule has 0 unspecified atom stereocenters. The maximum absolute atomic E-state index is 14.3. The number of β-lactam (4-membered cyclic amide) rings is 1. The molecule has 0 bridgehead atoms. The van der Waals surface area contributed by atoms with Crippen molar-refractivity contribution in [3.8, 4) is 0 Å². The Balaban J connectivity index is 1.07. The molecule has 3 aromatic carbocycles. The molecule has 0 aliphatic carbocycles. The summed E-state index contributed by atoms with van der Waals surface area (Å²) in [5.41, 5.74) is 7.63. The number of hydrogen-bond donors (Lipinski definition) is 4. The summed E-state index contributed by atoms with van der Waals surface area (Å²) in [6.07, 6.45) is 4.17. The van der Waals surface area contributed by atoms with Crippen molar-refractivity contribution in [1.29, 1.82) is 0 Å². The van der Waals surface area contributed by atoms with Gasteiger partial charge in [-0.15, -0.1) is 23.1 Å². The molecule has 5 N–H and O–H groups in total. The smallest absolute Gasteiger partial charge is 0.352 e. The predicted octanol–water partition coefficient (Wildman–Crippen LogP) is 4.34. The van der Waals surface area contributed by atoms with E-state index in [4.69, 9.17) is 10.6 Å². The van der Waals surface area contributed by atoms with Crippen LogP contribution in [-0.2, 0) is 29.6 Å². The number of carbonyl (C=O) groups is 4. The largest absolute Gasteiger partial charge is 0.477 e. The van der Waals surface area contributed by atoms with Gasteiger partial charge in [-0.05, 0) is 49.9 Å². The van der Waals surface area contributed by atoms with Gasteiger partial charge in [0, 0.05) is 46.5 Å². The average Bonchev–Trinajstić information content (AvgIpc) is 3.83. The van der Waals surface area contributed by atoms with Crippen LogP contribution in [0.1, 0.15) is 41.6 Å². The number of nitrogens with two attached hydrogens (primary N) is 1. The lowest BCUT2D eigenvalue weighted by Crippen LogP contribution is -2.71. The van der Waals surface area contributed by atoms with Gasteiger partial charge < -0.3 is 31.2 Å². The molecular formula is C42H41N7O6S2. The summed E-state index contributed by atoms with van der Waals surface area (Å²) < 4.78 is 0. The summed E-state index contributed by atoms with van der Waals surface area (Å²) >= 11 is 2.44. The highest BCUT2D eigenvalue weighted by Crippen LogP contribution is 2.43. The molecule has 4 aromatic rings. The fourth-order valence-electron chi connectivity index (χ4n) is 7.92. The van der Waals surface area contributed by atoms with Crippen LogP contribution in [0.3, 0.4) is 0 Å². The fourth-order valence-corrected chi connectivity index (χ4v) is 9.77. The molecule has 3 fully saturated rings. The summed E-state index contributed by atoms with van der Waals surface area (Å²) in [6.45, 7) is 3.14. The first-order chi connectivity index (χ1) is 27.7. The minimum Gasteiger partial charge on any atom is -0.477 e. The Morgan fingerprint density at radius 1 is 0.982 bits per heavy atom. The van der Waals surface area contributed by atoms with E-state index in [-0.39, 0.29) is 33.9 Å². The van der Waals surface area contributed by atoms with Gasteiger partial charge in [-0.25, -0.2) is 9.78 Å². The third-order valence-corrected chi connectivity index (χ3v) is 12.8. The lowest BCUT2D eigenvalue weighted by Gasteiger charge is -2.49. The van der Waals surface area contributed by atoms with E-state index in [1.807, 2.05) is 95.9 Å². The maximum Gasteiger partial charge on any atom is 0.352 e. The minimum absolute atomic E-state index is 0.0921. The van der Waals surface area contributed by atoms with Crippen molar-refractivity contribution < 1.29 is 29.1 Å². The molecule has 57 heavy (non-hydrogen) atoms. The van der Waals surface area contributed by atoms with Crippen LogP contribution in [-0.4, -0.2) is 92.6 Å². The van der Waals surface area contributed by atoms with Crippen LogP contribution in [0.4, 0.5) is 5.13 Å².